The van der Waals surface area contributed by atoms with Crippen LogP contribution in [0.5, 0.6) is 0 Å². The Kier molecular flexibility index (Phi) is 2.57. The Hall–Kier alpha value is -1.86. The van der Waals surface area contributed by atoms with Gasteiger partial charge in [0.05, 0.1) is 11.5 Å². The van der Waals surface area contributed by atoms with Gasteiger partial charge >= 0.3 is 0 Å². The van der Waals surface area contributed by atoms with Crippen LogP contribution in [-0.2, 0) is 6.54 Å². The predicted molar refractivity (Wildman–Crippen MR) is 67.7 cm³/mol. The van der Waals surface area contributed by atoms with E-state index in [1.807, 2.05) is 25.1 Å². The molecule has 2 aromatic rings. The number of rotatable bonds is 4. The maximum absolute atomic E-state index is 8.99. The molecule has 18 heavy (non-hydrogen) atoms. The highest BCUT2D eigenvalue weighted by atomic mass is 16.3. The molecule has 1 aliphatic carbocycles. The van der Waals surface area contributed by atoms with Gasteiger partial charge in [-0.15, -0.1) is 0 Å². The fourth-order valence-corrected chi connectivity index (χ4v) is 2.12. The van der Waals surface area contributed by atoms with Crippen molar-refractivity contribution in [1.82, 2.24) is 10.3 Å². The summed E-state index contributed by atoms with van der Waals surface area (Å²) in [5, 5.41) is 12.3. The Morgan fingerprint density at radius 2 is 2.33 bits per heavy atom. The van der Waals surface area contributed by atoms with Gasteiger partial charge < -0.3 is 9.73 Å². The summed E-state index contributed by atoms with van der Waals surface area (Å²) in [6.07, 6.45) is 2.05. The van der Waals surface area contributed by atoms with Crippen LogP contribution in [0.2, 0.25) is 0 Å². The van der Waals surface area contributed by atoms with Gasteiger partial charge in [0.2, 0.25) is 0 Å². The van der Waals surface area contributed by atoms with E-state index in [4.69, 9.17) is 9.68 Å². The van der Waals surface area contributed by atoms with Crippen LogP contribution in [-0.4, -0.2) is 11.5 Å². The van der Waals surface area contributed by atoms with Gasteiger partial charge in [-0.05, 0) is 30.5 Å². The molecule has 0 bridgehead atoms. The number of aromatic nitrogens is 1. The molecule has 1 aromatic carbocycles. The van der Waals surface area contributed by atoms with Gasteiger partial charge in [-0.1, -0.05) is 6.07 Å². The molecule has 1 N–H and O–H groups in total. The van der Waals surface area contributed by atoms with Crippen LogP contribution in [0.3, 0.4) is 0 Å². The number of hydrogen-bond donors (Lipinski definition) is 1. The van der Waals surface area contributed by atoms with Crippen molar-refractivity contribution in [2.45, 2.75) is 26.3 Å². The molecular formula is C14H15N3O. The fourth-order valence-electron chi connectivity index (χ4n) is 2.12. The van der Waals surface area contributed by atoms with Gasteiger partial charge in [0.15, 0.2) is 11.5 Å². The van der Waals surface area contributed by atoms with Crippen molar-refractivity contribution in [3.05, 3.63) is 29.7 Å². The molecule has 1 heterocycles. The molecule has 3 rings (SSSR count). The standard InChI is InChI=1S/C14H15N3O/c1-10-17-12-6-11(2-3-13(12)18-10)7-16-9-14(8-15)4-5-14/h2-3,6,16H,4-5,7,9H2,1H3. The first-order valence-corrected chi connectivity index (χ1v) is 6.19. The molecule has 0 amide bonds. The van der Waals surface area contributed by atoms with Crippen molar-refractivity contribution in [1.29, 1.82) is 5.26 Å². The molecular weight excluding hydrogens is 226 g/mol. The van der Waals surface area contributed by atoms with Crippen molar-refractivity contribution in [2.75, 3.05) is 6.54 Å². The van der Waals surface area contributed by atoms with Gasteiger partial charge in [-0.2, -0.15) is 5.26 Å². The van der Waals surface area contributed by atoms with Crippen LogP contribution in [0.15, 0.2) is 22.6 Å². The van der Waals surface area contributed by atoms with E-state index < -0.39 is 0 Å². The minimum atomic E-state index is -0.0887. The van der Waals surface area contributed by atoms with Crippen molar-refractivity contribution in [2.24, 2.45) is 5.41 Å². The summed E-state index contributed by atoms with van der Waals surface area (Å²) < 4.78 is 5.43. The normalized spacial score (nSPS) is 16.7. The Morgan fingerprint density at radius 3 is 3.06 bits per heavy atom. The quantitative estimate of drug-likeness (QED) is 0.893. The summed E-state index contributed by atoms with van der Waals surface area (Å²) >= 11 is 0. The lowest BCUT2D eigenvalue weighted by Crippen LogP contribution is -2.22. The number of oxazole rings is 1. The van der Waals surface area contributed by atoms with Crippen molar-refractivity contribution >= 4 is 11.1 Å². The number of benzene rings is 1. The third-order valence-corrected chi connectivity index (χ3v) is 3.44. The number of nitriles is 1. The third kappa shape index (κ3) is 2.09. The Morgan fingerprint density at radius 1 is 1.50 bits per heavy atom. The van der Waals surface area contributed by atoms with Crippen LogP contribution < -0.4 is 5.32 Å². The zero-order chi connectivity index (χ0) is 12.6. The second kappa shape index (κ2) is 4.11. The first-order valence-electron chi connectivity index (χ1n) is 6.19. The minimum Gasteiger partial charge on any atom is -0.441 e. The van der Waals surface area contributed by atoms with E-state index in [0.717, 1.165) is 37.0 Å². The number of aryl methyl sites for hydroxylation is 1. The number of fused-ring (bicyclic) bond motifs is 1. The highest BCUT2D eigenvalue weighted by molar-refractivity contribution is 5.73. The molecule has 1 fully saturated rings. The van der Waals surface area contributed by atoms with E-state index in [2.05, 4.69) is 16.4 Å². The predicted octanol–water partition coefficient (Wildman–Crippen LogP) is 2.53. The highest BCUT2D eigenvalue weighted by Gasteiger charge is 2.42. The molecule has 0 spiro atoms. The van der Waals surface area contributed by atoms with E-state index in [1.54, 1.807) is 0 Å². The van der Waals surface area contributed by atoms with E-state index in [0.29, 0.717) is 5.89 Å². The maximum atomic E-state index is 8.99. The minimum absolute atomic E-state index is 0.0887. The lowest BCUT2D eigenvalue weighted by Gasteiger charge is -2.07. The van der Waals surface area contributed by atoms with Crippen LogP contribution in [0.1, 0.15) is 24.3 Å². The van der Waals surface area contributed by atoms with E-state index >= 15 is 0 Å². The van der Waals surface area contributed by atoms with Gasteiger partial charge in [-0.3, -0.25) is 0 Å². The van der Waals surface area contributed by atoms with Crippen LogP contribution in [0.4, 0.5) is 0 Å². The average Bonchev–Trinajstić information content (AvgIpc) is 3.04. The summed E-state index contributed by atoms with van der Waals surface area (Å²) in [7, 11) is 0. The fraction of sp³-hybridized carbons (Fsp3) is 0.429. The zero-order valence-electron chi connectivity index (χ0n) is 10.4. The molecule has 4 heteroatoms. The number of hydrogen-bond acceptors (Lipinski definition) is 4. The molecule has 4 nitrogen and oxygen atoms in total. The first-order chi connectivity index (χ1) is 8.71. The SMILES string of the molecule is Cc1nc2cc(CNCC3(C#N)CC3)ccc2o1. The zero-order valence-corrected chi connectivity index (χ0v) is 10.4. The first kappa shape index (κ1) is 11.2. The average molecular weight is 241 g/mol. The van der Waals surface area contributed by atoms with Gasteiger partial charge in [0.1, 0.15) is 5.52 Å². The molecule has 0 saturated heterocycles. The van der Waals surface area contributed by atoms with Crippen LogP contribution in [0.25, 0.3) is 11.1 Å². The molecule has 1 aliphatic rings. The smallest absolute Gasteiger partial charge is 0.192 e. The van der Waals surface area contributed by atoms with Gasteiger partial charge in [0.25, 0.3) is 0 Å². The topological polar surface area (TPSA) is 61.9 Å². The summed E-state index contributed by atoms with van der Waals surface area (Å²) in [4.78, 5) is 4.31. The van der Waals surface area contributed by atoms with Gasteiger partial charge in [-0.25, -0.2) is 4.98 Å². The van der Waals surface area contributed by atoms with Crippen molar-refractivity contribution in [3.63, 3.8) is 0 Å². The number of nitrogens with zero attached hydrogens (tertiary/aromatic N) is 2. The summed E-state index contributed by atoms with van der Waals surface area (Å²) in [5.74, 6) is 0.691. The van der Waals surface area contributed by atoms with Crippen molar-refractivity contribution < 1.29 is 4.42 Å². The van der Waals surface area contributed by atoms with Crippen LogP contribution >= 0.6 is 0 Å². The van der Waals surface area contributed by atoms with Crippen LogP contribution in [0, 0.1) is 23.7 Å². The second-order valence-corrected chi connectivity index (χ2v) is 5.03. The Bertz CT molecular complexity index is 619. The Labute approximate surface area is 106 Å². The molecule has 0 radical (unpaired) electrons. The monoisotopic (exact) mass is 241 g/mol. The maximum Gasteiger partial charge on any atom is 0.192 e. The molecule has 0 atom stereocenters. The van der Waals surface area contributed by atoms with Crippen molar-refractivity contribution in [3.8, 4) is 6.07 Å². The second-order valence-electron chi connectivity index (χ2n) is 5.03. The van der Waals surface area contributed by atoms with E-state index in [1.165, 1.54) is 5.56 Å². The summed E-state index contributed by atoms with van der Waals surface area (Å²) in [6.45, 7) is 3.40. The third-order valence-electron chi connectivity index (χ3n) is 3.44. The largest absolute Gasteiger partial charge is 0.441 e. The summed E-state index contributed by atoms with van der Waals surface area (Å²) in [5.41, 5.74) is 2.80. The lowest BCUT2D eigenvalue weighted by atomic mass is 10.1. The molecule has 1 saturated carbocycles. The molecule has 92 valence electrons. The Balaban J connectivity index is 1.66. The summed E-state index contributed by atoms with van der Waals surface area (Å²) in [6, 6.07) is 8.40. The van der Waals surface area contributed by atoms with E-state index in [9.17, 15) is 0 Å². The molecule has 0 unspecified atom stereocenters. The molecule has 0 aliphatic heterocycles. The van der Waals surface area contributed by atoms with E-state index in [-0.39, 0.29) is 5.41 Å². The highest BCUT2D eigenvalue weighted by Crippen LogP contribution is 2.44. The molecule has 1 aromatic heterocycles. The number of nitrogens with one attached hydrogen (secondary N) is 1. The lowest BCUT2D eigenvalue weighted by molar-refractivity contribution is 0.557. The van der Waals surface area contributed by atoms with Gasteiger partial charge in [0, 0.05) is 20.0 Å².